The lowest BCUT2D eigenvalue weighted by Gasteiger charge is -2.03. The van der Waals surface area contributed by atoms with Crippen LogP contribution in [-0.4, -0.2) is 5.78 Å². The highest BCUT2D eigenvalue weighted by Crippen LogP contribution is 2.25. The molecule has 0 radical (unpaired) electrons. The molecule has 0 aliphatic carbocycles. The molecular formula is C14H12ClFOS. The predicted molar refractivity (Wildman–Crippen MR) is 73.2 cm³/mol. The highest BCUT2D eigenvalue weighted by molar-refractivity contribution is 7.14. The van der Waals surface area contributed by atoms with Gasteiger partial charge in [0.1, 0.15) is 5.82 Å². The summed E-state index contributed by atoms with van der Waals surface area (Å²) in [6.07, 6.45) is 0.135. The molecule has 2 rings (SSSR count). The van der Waals surface area contributed by atoms with Crippen molar-refractivity contribution < 1.29 is 9.18 Å². The Kier molecular flexibility index (Phi) is 3.83. The monoisotopic (exact) mass is 282 g/mol. The van der Waals surface area contributed by atoms with Gasteiger partial charge < -0.3 is 0 Å². The zero-order chi connectivity index (χ0) is 13.3. The van der Waals surface area contributed by atoms with Crippen molar-refractivity contribution in [3.63, 3.8) is 0 Å². The van der Waals surface area contributed by atoms with E-state index in [-0.39, 0.29) is 17.2 Å². The van der Waals surface area contributed by atoms with Gasteiger partial charge in [-0.3, -0.25) is 4.79 Å². The molecule has 94 valence electrons. The molecule has 2 aromatic rings. The maximum absolute atomic E-state index is 13.3. The van der Waals surface area contributed by atoms with Gasteiger partial charge in [0.05, 0.1) is 9.90 Å². The van der Waals surface area contributed by atoms with Crippen molar-refractivity contribution in [2.24, 2.45) is 0 Å². The summed E-state index contributed by atoms with van der Waals surface area (Å²) in [6.45, 7) is 3.95. The highest BCUT2D eigenvalue weighted by atomic mass is 35.5. The lowest BCUT2D eigenvalue weighted by atomic mass is 10.1. The first kappa shape index (κ1) is 13.2. The molecule has 0 unspecified atom stereocenters. The van der Waals surface area contributed by atoms with E-state index in [1.165, 1.54) is 17.4 Å². The number of ketones is 1. The number of Topliss-reactive ketones (excluding diaryl/α,β-unsaturated/α-hetero) is 1. The first-order valence-corrected chi connectivity index (χ1v) is 6.71. The largest absolute Gasteiger partial charge is 0.293 e. The molecule has 4 heteroatoms. The van der Waals surface area contributed by atoms with E-state index in [0.29, 0.717) is 10.4 Å². The lowest BCUT2D eigenvalue weighted by molar-refractivity contribution is 0.0997. The predicted octanol–water partition coefficient (Wildman–Crippen LogP) is 4.58. The van der Waals surface area contributed by atoms with Crippen LogP contribution in [0, 0.1) is 19.7 Å². The average Bonchev–Trinajstić information content (AvgIpc) is 2.66. The fourth-order valence-electron chi connectivity index (χ4n) is 1.66. The van der Waals surface area contributed by atoms with E-state index in [4.69, 9.17) is 11.6 Å². The maximum Gasteiger partial charge on any atom is 0.177 e. The molecule has 0 bridgehead atoms. The lowest BCUT2D eigenvalue weighted by Crippen LogP contribution is -2.02. The fourth-order valence-corrected chi connectivity index (χ4v) is 2.82. The molecule has 0 amide bonds. The number of carbonyl (C=O) groups is 1. The second-order valence-corrected chi connectivity index (χ2v) is 5.80. The van der Waals surface area contributed by atoms with Crippen LogP contribution in [0.25, 0.3) is 0 Å². The van der Waals surface area contributed by atoms with Crippen molar-refractivity contribution >= 4 is 28.7 Å². The molecule has 0 aliphatic rings. The van der Waals surface area contributed by atoms with Crippen LogP contribution >= 0.6 is 22.9 Å². The van der Waals surface area contributed by atoms with Gasteiger partial charge in [-0.2, -0.15) is 0 Å². The Morgan fingerprint density at radius 2 is 2.11 bits per heavy atom. The zero-order valence-electron chi connectivity index (χ0n) is 10.1. The van der Waals surface area contributed by atoms with Crippen LogP contribution in [0.15, 0.2) is 24.3 Å². The van der Waals surface area contributed by atoms with Crippen LogP contribution in [-0.2, 0) is 6.42 Å². The second kappa shape index (κ2) is 5.21. The summed E-state index contributed by atoms with van der Waals surface area (Å²) in [5, 5.41) is 0.0378. The summed E-state index contributed by atoms with van der Waals surface area (Å²) in [4.78, 5) is 13.9. The van der Waals surface area contributed by atoms with Crippen LogP contribution in [0.1, 0.15) is 25.7 Å². The van der Waals surface area contributed by atoms with Gasteiger partial charge in [0.2, 0.25) is 0 Å². The van der Waals surface area contributed by atoms with Gasteiger partial charge in [0, 0.05) is 11.3 Å². The third kappa shape index (κ3) is 2.62. The van der Waals surface area contributed by atoms with Gasteiger partial charge >= 0.3 is 0 Å². The topological polar surface area (TPSA) is 17.1 Å². The second-order valence-electron chi connectivity index (χ2n) is 4.16. The molecular weight excluding hydrogens is 271 g/mol. The number of carbonyl (C=O) groups excluding carboxylic acids is 1. The summed E-state index contributed by atoms with van der Waals surface area (Å²) in [5.74, 6) is -0.510. The van der Waals surface area contributed by atoms with Crippen molar-refractivity contribution in [3.05, 3.63) is 56.0 Å². The number of hydrogen-bond acceptors (Lipinski definition) is 2. The minimum atomic E-state index is -0.486. The molecule has 0 fully saturated rings. The molecule has 0 aliphatic heterocycles. The molecule has 18 heavy (non-hydrogen) atoms. The average molecular weight is 283 g/mol. The molecule has 1 nitrogen and oxygen atoms in total. The highest BCUT2D eigenvalue weighted by Gasteiger charge is 2.14. The van der Waals surface area contributed by atoms with Gasteiger partial charge in [-0.1, -0.05) is 23.7 Å². The maximum atomic E-state index is 13.3. The van der Waals surface area contributed by atoms with E-state index < -0.39 is 5.82 Å². The first-order chi connectivity index (χ1) is 8.49. The molecule has 1 aromatic heterocycles. The number of aryl methyl sites for hydroxylation is 2. The summed E-state index contributed by atoms with van der Waals surface area (Å²) in [7, 11) is 0. The van der Waals surface area contributed by atoms with Crippen molar-refractivity contribution in [2.45, 2.75) is 20.3 Å². The molecule has 1 heterocycles. The molecule has 0 atom stereocenters. The third-order valence-electron chi connectivity index (χ3n) is 2.82. The van der Waals surface area contributed by atoms with E-state index in [2.05, 4.69) is 0 Å². The summed E-state index contributed by atoms with van der Waals surface area (Å²) in [5.41, 5.74) is 1.64. The Balaban J connectivity index is 2.24. The van der Waals surface area contributed by atoms with Crippen LogP contribution < -0.4 is 0 Å². The summed E-state index contributed by atoms with van der Waals surface area (Å²) in [6, 6.07) is 6.40. The van der Waals surface area contributed by atoms with Crippen molar-refractivity contribution in [1.29, 1.82) is 0 Å². The minimum absolute atomic E-state index is 0.0244. The molecule has 0 saturated heterocycles. The van der Waals surface area contributed by atoms with E-state index in [1.807, 2.05) is 19.9 Å². The van der Waals surface area contributed by atoms with Crippen LogP contribution in [0.2, 0.25) is 5.02 Å². The summed E-state index contributed by atoms with van der Waals surface area (Å²) < 4.78 is 13.3. The van der Waals surface area contributed by atoms with E-state index in [1.54, 1.807) is 12.1 Å². The van der Waals surface area contributed by atoms with Gasteiger partial charge in [0.25, 0.3) is 0 Å². The molecule has 0 spiro atoms. The Hall–Kier alpha value is -1.19. The zero-order valence-corrected chi connectivity index (χ0v) is 11.7. The Morgan fingerprint density at radius 1 is 1.39 bits per heavy atom. The smallest absolute Gasteiger partial charge is 0.177 e. The van der Waals surface area contributed by atoms with Gasteiger partial charge in [-0.05, 0) is 37.1 Å². The van der Waals surface area contributed by atoms with Gasteiger partial charge in [0.15, 0.2) is 5.78 Å². The van der Waals surface area contributed by atoms with E-state index >= 15 is 0 Å². The van der Waals surface area contributed by atoms with Gasteiger partial charge in [-0.15, -0.1) is 11.3 Å². The number of benzene rings is 1. The quantitative estimate of drug-likeness (QED) is 0.753. The number of rotatable bonds is 3. The van der Waals surface area contributed by atoms with E-state index in [9.17, 15) is 9.18 Å². The van der Waals surface area contributed by atoms with Gasteiger partial charge in [-0.25, -0.2) is 4.39 Å². The number of thiophene rings is 1. The Bertz CT molecular complexity index is 584. The number of halogens is 2. The molecule has 0 saturated carbocycles. The first-order valence-electron chi connectivity index (χ1n) is 5.52. The SMILES string of the molecule is Cc1cc(C(=O)Cc2cccc(F)c2Cl)sc1C. The van der Waals surface area contributed by atoms with Crippen molar-refractivity contribution in [3.8, 4) is 0 Å². The minimum Gasteiger partial charge on any atom is -0.293 e. The molecule has 0 N–H and O–H groups in total. The van der Waals surface area contributed by atoms with Crippen LogP contribution in [0.4, 0.5) is 4.39 Å². The fraction of sp³-hybridized carbons (Fsp3) is 0.214. The summed E-state index contributed by atoms with van der Waals surface area (Å²) >= 11 is 7.30. The standard InChI is InChI=1S/C14H12ClFOS/c1-8-6-13(18-9(8)2)12(17)7-10-4-3-5-11(16)14(10)15/h3-6H,7H2,1-2H3. The van der Waals surface area contributed by atoms with Crippen LogP contribution in [0.3, 0.4) is 0 Å². The Labute approximate surface area is 114 Å². The van der Waals surface area contributed by atoms with Crippen LogP contribution in [0.5, 0.6) is 0 Å². The van der Waals surface area contributed by atoms with Crippen molar-refractivity contribution in [1.82, 2.24) is 0 Å². The molecule has 1 aromatic carbocycles. The Morgan fingerprint density at radius 3 is 2.72 bits per heavy atom. The van der Waals surface area contributed by atoms with E-state index in [0.717, 1.165) is 10.4 Å². The number of hydrogen-bond donors (Lipinski definition) is 0. The van der Waals surface area contributed by atoms with Crippen molar-refractivity contribution in [2.75, 3.05) is 0 Å². The normalized spacial score (nSPS) is 10.7. The third-order valence-corrected chi connectivity index (χ3v) is 4.44.